The van der Waals surface area contributed by atoms with E-state index in [-0.39, 0.29) is 5.91 Å². The average Bonchev–Trinajstić information content (AvgIpc) is 2.53. The van der Waals surface area contributed by atoms with Gasteiger partial charge in [-0.15, -0.1) is 0 Å². The maximum atomic E-state index is 13.7. The lowest BCUT2D eigenvalue weighted by Crippen LogP contribution is -2.49. The molecule has 126 valence electrons. The van der Waals surface area contributed by atoms with Gasteiger partial charge in [-0.3, -0.25) is 19.8 Å². The van der Waals surface area contributed by atoms with Gasteiger partial charge in [-0.1, -0.05) is 13.0 Å². The first-order chi connectivity index (χ1) is 11.0. The molecule has 1 amide bonds. The fourth-order valence-electron chi connectivity index (χ4n) is 2.61. The van der Waals surface area contributed by atoms with E-state index in [4.69, 9.17) is 0 Å². The number of nitro groups is 1. The summed E-state index contributed by atoms with van der Waals surface area (Å²) in [7, 11) is 0. The Hall–Kier alpha value is -2.22. The number of rotatable bonds is 6. The summed E-state index contributed by atoms with van der Waals surface area (Å²) in [6, 6.07) is 4.13. The molecule has 1 fully saturated rings. The number of nitrogens with one attached hydrogen (secondary N) is 1. The van der Waals surface area contributed by atoms with Gasteiger partial charge in [0.05, 0.1) is 11.5 Å². The Kier molecular flexibility index (Phi) is 5.86. The van der Waals surface area contributed by atoms with E-state index in [0.29, 0.717) is 45.0 Å². The molecule has 1 aromatic carbocycles. The van der Waals surface area contributed by atoms with Crippen molar-refractivity contribution >= 4 is 17.3 Å². The number of anilines is 1. The Bertz CT molecular complexity index is 574. The molecule has 7 nitrogen and oxygen atoms in total. The molecule has 0 saturated carbocycles. The van der Waals surface area contributed by atoms with E-state index < -0.39 is 16.4 Å². The van der Waals surface area contributed by atoms with Crippen LogP contribution in [0.15, 0.2) is 18.2 Å². The Morgan fingerprint density at radius 1 is 1.35 bits per heavy atom. The predicted octanol–water partition coefficient (Wildman–Crippen LogP) is 1.38. The molecule has 0 unspecified atom stereocenters. The van der Waals surface area contributed by atoms with Crippen LogP contribution in [0.4, 0.5) is 15.8 Å². The monoisotopic (exact) mass is 324 g/mol. The van der Waals surface area contributed by atoms with Crippen LogP contribution in [0.1, 0.15) is 13.3 Å². The third-order valence-electron chi connectivity index (χ3n) is 3.80. The average molecular weight is 324 g/mol. The standard InChI is InChI=1S/C15H21FN4O3/c1-2-6-17-14(21)11-18-7-9-19(10-8-18)13-5-3-4-12(16)15(13)20(22)23/h3-5H,2,6-11H2,1H3,(H,17,21). The van der Waals surface area contributed by atoms with Crippen molar-refractivity contribution < 1.29 is 14.1 Å². The van der Waals surface area contributed by atoms with Crippen molar-refractivity contribution in [2.45, 2.75) is 13.3 Å². The van der Waals surface area contributed by atoms with Gasteiger partial charge in [0.25, 0.3) is 0 Å². The van der Waals surface area contributed by atoms with Crippen LogP contribution in [-0.4, -0.2) is 55.0 Å². The smallest absolute Gasteiger partial charge is 0.327 e. The second kappa shape index (κ2) is 7.87. The van der Waals surface area contributed by atoms with Gasteiger partial charge in [0.2, 0.25) is 11.7 Å². The number of benzene rings is 1. The maximum absolute atomic E-state index is 13.7. The van der Waals surface area contributed by atoms with Crippen LogP contribution in [0.3, 0.4) is 0 Å². The van der Waals surface area contributed by atoms with Crippen LogP contribution in [0, 0.1) is 15.9 Å². The number of para-hydroxylation sites is 1. The molecule has 1 N–H and O–H groups in total. The Morgan fingerprint density at radius 3 is 2.65 bits per heavy atom. The summed E-state index contributed by atoms with van der Waals surface area (Å²) in [4.78, 5) is 25.9. The highest BCUT2D eigenvalue weighted by atomic mass is 19.1. The van der Waals surface area contributed by atoms with Crippen LogP contribution in [-0.2, 0) is 4.79 Å². The fraction of sp³-hybridized carbons (Fsp3) is 0.533. The first-order valence-corrected chi connectivity index (χ1v) is 7.69. The van der Waals surface area contributed by atoms with E-state index in [2.05, 4.69) is 5.32 Å². The molecule has 2 rings (SSSR count). The van der Waals surface area contributed by atoms with E-state index in [9.17, 15) is 19.3 Å². The molecule has 1 aliphatic heterocycles. The van der Waals surface area contributed by atoms with Gasteiger partial charge in [0, 0.05) is 32.7 Å². The summed E-state index contributed by atoms with van der Waals surface area (Å²) >= 11 is 0. The zero-order chi connectivity index (χ0) is 16.8. The van der Waals surface area contributed by atoms with E-state index in [1.807, 2.05) is 11.8 Å². The van der Waals surface area contributed by atoms with Gasteiger partial charge in [0.1, 0.15) is 5.69 Å². The SMILES string of the molecule is CCCNC(=O)CN1CCN(c2cccc(F)c2[N+](=O)[O-])CC1. The number of hydrogen-bond acceptors (Lipinski definition) is 5. The van der Waals surface area contributed by atoms with Gasteiger partial charge in [-0.2, -0.15) is 4.39 Å². The number of nitro benzene ring substituents is 1. The molecule has 0 bridgehead atoms. The van der Waals surface area contributed by atoms with Crippen LogP contribution in [0.25, 0.3) is 0 Å². The number of nitrogens with zero attached hydrogens (tertiary/aromatic N) is 3. The van der Waals surface area contributed by atoms with Crippen LogP contribution in [0.2, 0.25) is 0 Å². The highest BCUT2D eigenvalue weighted by Gasteiger charge is 2.27. The first kappa shape index (κ1) is 17.1. The zero-order valence-electron chi connectivity index (χ0n) is 13.1. The molecule has 1 saturated heterocycles. The number of halogens is 1. The van der Waals surface area contributed by atoms with Crippen molar-refractivity contribution in [3.63, 3.8) is 0 Å². The van der Waals surface area contributed by atoms with E-state index in [1.54, 1.807) is 11.0 Å². The number of carbonyl (C=O) groups is 1. The predicted molar refractivity (Wildman–Crippen MR) is 85.0 cm³/mol. The molecule has 0 aliphatic carbocycles. The topological polar surface area (TPSA) is 78.7 Å². The van der Waals surface area contributed by atoms with Crippen LogP contribution < -0.4 is 10.2 Å². The molecule has 0 spiro atoms. The van der Waals surface area contributed by atoms with Crippen LogP contribution in [0.5, 0.6) is 0 Å². The minimum absolute atomic E-state index is 0.0166. The molecular formula is C15H21FN4O3. The molecule has 23 heavy (non-hydrogen) atoms. The van der Waals surface area contributed by atoms with Crippen molar-refractivity contribution in [1.29, 1.82) is 0 Å². The molecule has 0 atom stereocenters. The summed E-state index contributed by atoms with van der Waals surface area (Å²) in [6.45, 7) is 5.22. The summed E-state index contributed by atoms with van der Waals surface area (Å²) < 4.78 is 13.7. The summed E-state index contributed by atoms with van der Waals surface area (Å²) in [6.07, 6.45) is 0.892. The van der Waals surface area contributed by atoms with E-state index in [1.165, 1.54) is 6.07 Å². The first-order valence-electron chi connectivity index (χ1n) is 7.69. The molecule has 1 aliphatic rings. The van der Waals surface area contributed by atoms with Crippen molar-refractivity contribution in [2.24, 2.45) is 0 Å². The minimum Gasteiger partial charge on any atom is -0.363 e. The van der Waals surface area contributed by atoms with Gasteiger partial charge >= 0.3 is 5.69 Å². The van der Waals surface area contributed by atoms with Crippen molar-refractivity contribution in [3.05, 3.63) is 34.1 Å². The van der Waals surface area contributed by atoms with Crippen molar-refractivity contribution in [2.75, 3.05) is 44.2 Å². The number of hydrogen-bond donors (Lipinski definition) is 1. The Morgan fingerprint density at radius 2 is 2.04 bits per heavy atom. The molecule has 0 radical (unpaired) electrons. The normalized spacial score (nSPS) is 15.5. The largest absolute Gasteiger partial charge is 0.363 e. The molecule has 1 aromatic rings. The second-order valence-electron chi connectivity index (χ2n) is 5.48. The molecule has 0 aromatic heterocycles. The number of carbonyl (C=O) groups excluding carboxylic acids is 1. The highest BCUT2D eigenvalue weighted by Crippen LogP contribution is 2.31. The molecule has 1 heterocycles. The number of amides is 1. The lowest BCUT2D eigenvalue weighted by Gasteiger charge is -2.35. The fourth-order valence-corrected chi connectivity index (χ4v) is 2.61. The maximum Gasteiger partial charge on any atom is 0.327 e. The zero-order valence-corrected chi connectivity index (χ0v) is 13.1. The lowest BCUT2D eigenvalue weighted by atomic mass is 10.2. The summed E-state index contributed by atoms with van der Waals surface area (Å²) in [5.41, 5.74) is -0.188. The molecular weight excluding hydrogens is 303 g/mol. The molecule has 8 heteroatoms. The minimum atomic E-state index is -0.825. The van der Waals surface area contributed by atoms with E-state index in [0.717, 1.165) is 12.5 Å². The van der Waals surface area contributed by atoms with Crippen molar-refractivity contribution in [1.82, 2.24) is 10.2 Å². The number of piperazine rings is 1. The lowest BCUT2D eigenvalue weighted by molar-refractivity contribution is -0.386. The summed E-state index contributed by atoms with van der Waals surface area (Å²) in [5, 5.41) is 13.9. The Balaban J connectivity index is 1.96. The third kappa shape index (κ3) is 4.38. The highest BCUT2D eigenvalue weighted by molar-refractivity contribution is 5.78. The van der Waals surface area contributed by atoms with Gasteiger partial charge < -0.3 is 10.2 Å². The Labute approximate surface area is 134 Å². The third-order valence-corrected chi connectivity index (χ3v) is 3.80. The van der Waals surface area contributed by atoms with Crippen molar-refractivity contribution in [3.8, 4) is 0 Å². The van der Waals surface area contributed by atoms with Crippen LogP contribution >= 0.6 is 0 Å². The van der Waals surface area contributed by atoms with E-state index >= 15 is 0 Å². The second-order valence-corrected chi connectivity index (χ2v) is 5.48. The van der Waals surface area contributed by atoms with Gasteiger partial charge in [-0.25, -0.2) is 0 Å². The van der Waals surface area contributed by atoms with Gasteiger partial charge in [0.15, 0.2) is 0 Å². The van der Waals surface area contributed by atoms with Gasteiger partial charge in [-0.05, 0) is 18.6 Å². The summed E-state index contributed by atoms with van der Waals surface area (Å²) in [5.74, 6) is -0.842. The quantitative estimate of drug-likeness (QED) is 0.632.